The van der Waals surface area contributed by atoms with Crippen LogP contribution in [-0.4, -0.2) is 17.9 Å². The van der Waals surface area contributed by atoms with E-state index in [0.29, 0.717) is 5.56 Å². The topological polar surface area (TPSA) is 96.0 Å². The normalized spacial score (nSPS) is 11.2. The molecule has 5 heteroatoms. The number of amides is 2. The Morgan fingerprint density at radius 3 is 2.53 bits per heavy atom. The summed E-state index contributed by atoms with van der Waals surface area (Å²) in [5, 5.41) is 10.9. The molecule has 17 heavy (non-hydrogen) atoms. The zero-order valence-corrected chi connectivity index (χ0v) is 9.22. The van der Waals surface area contributed by atoms with E-state index in [1.165, 1.54) is 0 Å². The fraction of sp³-hybridized carbons (Fsp3) is 0.250. The molecule has 0 heterocycles. The van der Waals surface area contributed by atoms with Gasteiger partial charge in [0.05, 0.1) is 6.07 Å². The Morgan fingerprint density at radius 1 is 1.35 bits per heavy atom. The van der Waals surface area contributed by atoms with Crippen molar-refractivity contribution < 1.29 is 9.59 Å². The highest BCUT2D eigenvalue weighted by Gasteiger charge is 2.18. The summed E-state index contributed by atoms with van der Waals surface area (Å²) in [5.41, 5.74) is 5.60. The minimum Gasteiger partial charge on any atom is -0.368 e. The quantitative estimate of drug-likeness (QED) is 0.775. The minimum atomic E-state index is -0.803. The Bertz CT molecular complexity index is 437. The number of nitrogens with two attached hydrogens (primary N) is 1. The number of hydrogen-bond acceptors (Lipinski definition) is 3. The molecule has 0 saturated heterocycles. The van der Waals surface area contributed by atoms with Gasteiger partial charge in [-0.25, -0.2) is 0 Å². The lowest BCUT2D eigenvalue weighted by Crippen LogP contribution is -2.44. The fourth-order valence-corrected chi connectivity index (χ4v) is 1.33. The molecule has 0 unspecified atom stereocenters. The molecule has 0 aliphatic carbocycles. The van der Waals surface area contributed by atoms with Gasteiger partial charge in [0.25, 0.3) is 5.91 Å². The number of nitrogens with one attached hydrogen (secondary N) is 1. The Kier molecular flexibility index (Phi) is 4.70. The summed E-state index contributed by atoms with van der Waals surface area (Å²) in [5.74, 6) is -1.00. The first kappa shape index (κ1) is 12.7. The maximum atomic E-state index is 11.7. The smallest absolute Gasteiger partial charge is 0.251 e. The highest BCUT2D eigenvalue weighted by molar-refractivity contribution is 5.97. The predicted molar refractivity (Wildman–Crippen MR) is 61.7 cm³/mol. The van der Waals surface area contributed by atoms with Gasteiger partial charge in [0.1, 0.15) is 6.04 Å². The van der Waals surface area contributed by atoms with E-state index in [1.54, 1.807) is 30.3 Å². The van der Waals surface area contributed by atoms with E-state index in [4.69, 9.17) is 11.0 Å². The van der Waals surface area contributed by atoms with E-state index < -0.39 is 11.9 Å². The lowest BCUT2D eigenvalue weighted by molar-refractivity contribution is -0.119. The number of hydrogen-bond donors (Lipinski definition) is 2. The molecule has 5 nitrogen and oxygen atoms in total. The van der Waals surface area contributed by atoms with Gasteiger partial charge in [-0.1, -0.05) is 18.2 Å². The van der Waals surface area contributed by atoms with Crippen LogP contribution < -0.4 is 11.1 Å². The molecule has 0 bridgehead atoms. The van der Waals surface area contributed by atoms with Crippen LogP contribution in [0.1, 0.15) is 23.2 Å². The van der Waals surface area contributed by atoms with Gasteiger partial charge in [0.15, 0.2) is 0 Å². The zero-order chi connectivity index (χ0) is 12.7. The minimum absolute atomic E-state index is 0.169. The number of primary amides is 1. The van der Waals surface area contributed by atoms with Crippen LogP contribution in [-0.2, 0) is 4.79 Å². The fourth-order valence-electron chi connectivity index (χ4n) is 1.33. The maximum Gasteiger partial charge on any atom is 0.251 e. The Hall–Kier alpha value is -2.35. The van der Waals surface area contributed by atoms with E-state index in [9.17, 15) is 9.59 Å². The summed E-state index contributed by atoms with van der Waals surface area (Å²) >= 11 is 0. The summed E-state index contributed by atoms with van der Waals surface area (Å²) in [6, 6.07) is 9.62. The first-order chi connectivity index (χ1) is 8.15. The molecular weight excluding hydrogens is 218 g/mol. The molecule has 0 aliphatic rings. The molecule has 88 valence electrons. The van der Waals surface area contributed by atoms with Crippen molar-refractivity contribution in [3.63, 3.8) is 0 Å². The number of nitrogens with zero attached hydrogens (tertiary/aromatic N) is 1. The van der Waals surface area contributed by atoms with Crippen LogP contribution in [0.5, 0.6) is 0 Å². The monoisotopic (exact) mass is 231 g/mol. The zero-order valence-electron chi connectivity index (χ0n) is 9.22. The van der Waals surface area contributed by atoms with Gasteiger partial charge in [0, 0.05) is 12.0 Å². The molecule has 1 aromatic carbocycles. The first-order valence-electron chi connectivity index (χ1n) is 5.17. The predicted octanol–water partition coefficient (Wildman–Crippen LogP) is 0.574. The number of benzene rings is 1. The third-order valence-electron chi connectivity index (χ3n) is 2.23. The van der Waals surface area contributed by atoms with E-state index in [1.807, 2.05) is 6.07 Å². The third kappa shape index (κ3) is 3.95. The highest BCUT2D eigenvalue weighted by atomic mass is 16.2. The van der Waals surface area contributed by atoms with Crippen LogP contribution in [0.25, 0.3) is 0 Å². The molecule has 1 aromatic rings. The van der Waals surface area contributed by atoms with E-state index >= 15 is 0 Å². The molecule has 0 radical (unpaired) electrons. The van der Waals surface area contributed by atoms with Crippen molar-refractivity contribution >= 4 is 11.8 Å². The van der Waals surface area contributed by atoms with Gasteiger partial charge in [0.2, 0.25) is 5.91 Å². The van der Waals surface area contributed by atoms with Crippen LogP contribution in [0, 0.1) is 11.3 Å². The standard InChI is InChI=1S/C12H13N3O2/c13-8-4-7-10(11(14)16)15-12(17)9-5-2-1-3-6-9/h1-3,5-6,10H,4,7H2,(H2,14,16)(H,15,17)/t10-/m1/s1. The largest absolute Gasteiger partial charge is 0.368 e. The molecule has 0 fully saturated rings. The van der Waals surface area contributed by atoms with Crippen LogP contribution >= 0.6 is 0 Å². The van der Waals surface area contributed by atoms with E-state index in [-0.39, 0.29) is 18.7 Å². The summed E-state index contributed by atoms with van der Waals surface area (Å²) in [6.45, 7) is 0. The number of carbonyl (C=O) groups excluding carboxylic acids is 2. The Balaban J connectivity index is 2.65. The van der Waals surface area contributed by atoms with Gasteiger partial charge < -0.3 is 11.1 Å². The lowest BCUT2D eigenvalue weighted by Gasteiger charge is -2.13. The summed E-state index contributed by atoms with van der Waals surface area (Å²) in [4.78, 5) is 22.8. The van der Waals surface area contributed by atoms with Crippen molar-refractivity contribution in [2.24, 2.45) is 5.73 Å². The van der Waals surface area contributed by atoms with E-state index in [0.717, 1.165) is 0 Å². The maximum absolute atomic E-state index is 11.7. The number of rotatable bonds is 5. The Labute approximate surface area is 99.2 Å². The highest BCUT2D eigenvalue weighted by Crippen LogP contribution is 2.01. The first-order valence-corrected chi connectivity index (χ1v) is 5.17. The summed E-state index contributed by atoms with van der Waals surface area (Å²) in [7, 11) is 0. The second-order valence-electron chi connectivity index (χ2n) is 3.49. The summed E-state index contributed by atoms with van der Waals surface area (Å²) in [6.07, 6.45) is 0.396. The number of nitriles is 1. The van der Waals surface area contributed by atoms with Crippen molar-refractivity contribution in [1.29, 1.82) is 5.26 Å². The Morgan fingerprint density at radius 2 is 2.00 bits per heavy atom. The molecule has 0 aromatic heterocycles. The van der Waals surface area contributed by atoms with Crippen LogP contribution in [0.4, 0.5) is 0 Å². The lowest BCUT2D eigenvalue weighted by atomic mass is 10.1. The summed E-state index contributed by atoms with van der Waals surface area (Å²) < 4.78 is 0. The van der Waals surface area contributed by atoms with Crippen molar-refractivity contribution in [2.75, 3.05) is 0 Å². The van der Waals surface area contributed by atoms with Gasteiger partial charge in [-0.05, 0) is 18.6 Å². The van der Waals surface area contributed by atoms with Gasteiger partial charge in [-0.3, -0.25) is 9.59 Å². The molecule has 0 saturated carbocycles. The average Bonchev–Trinajstić information content (AvgIpc) is 2.35. The van der Waals surface area contributed by atoms with Gasteiger partial charge in [-0.2, -0.15) is 5.26 Å². The molecule has 1 atom stereocenters. The second-order valence-corrected chi connectivity index (χ2v) is 3.49. The average molecular weight is 231 g/mol. The van der Waals surface area contributed by atoms with Crippen LogP contribution in [0.15, 0.2) is 30.3 Å². The number of carbonyl (C=O) groups is 2. The van der Waals surface area contributed by atoms with Crippen molar-refractivity contribution in [2.45, 2.75) is 18.9 Å². The molecule has 1 rings (SSSR count). The third-order valence-corrected chi connectivity index (χ3v) is 2.23. The van der Waals surface area contributed by atoms with Gasteiger partial charge in [-0.15, -0.1) is 0 Å². The molecule has 3 N–H and O–H groups in total. The molecule has 0 spiro atoms. The van der Waals surface area contributed by atoms with Crippen molar-refractivity contribution in [3.05, 3.63) is 35.9 Å². The molecule has 2 amide bonds. The molecule has 0 aliphatic heterocycles. The van der Waals surface area contributed by atoms with E-state index in [2.05, 4.69) is 5.32 Å². The van der Waals surface area contributed by atoms with Crippen molar-refractivity contribution in [3.8, 4) is 6.07 Å². The molecular formula is C12H13N3O2. The van der Waals surface area contributed by atoms with Gasteiger partial charge >= 0.3 is 0 Å². The van der Waals surface area contributed by atoms with Crippen LogP contribution in [0.2, 0.25) is 0 Å². The second kappa shape index (κ2) is 6.28. The van der Waals surface area contributed by atoms with Crippen molar-refractivity contribution in [1.82, 2.24) is 5.32 Å². The van der Waals surface area contributed by atoms with Crippen LogP contribution in [0.3, 0.4) is 0 Å². The SMILES string of the molecule is N#CCC[C@@H](NC(=O)c1ccccc1)C(N)=O.